The van der Waals surface area contributed by atoms with E-state index in [1.165, 1.54) is 9.21 Å². The summed E-state index contributed by atoms with van der Waals surface area (Å²) in [7, 11) is -3.56. The molecular formula is C27H37Cl2N3O4S. The normalized spacial score (nSPS) is 12.2. The standard InChI is InChI=1S/C27H37Cl2N3O4S/c1-5-7-17-30-27(34)24(6-2)31(19-21-22(28)13-10-14-23(21)29)26(33)16-11-18-32(37(4,35)36)25-15-9-8-12-20(25)3/h8-10,12-15,24H,5-7,11,16-19H2,1-4H3,(H,30,34)/t24-/m0/s1. The fourth-order valence-corrected chi connectivity index (χ4v) is 5.64. The predicted molar refractivity (Wildman–Crippen MR) is 152 cm³/mol. The number of nitrogens with zero attached hydrogens (tertiary/aromatic N) is 2. The SMILES string of the molecule is CCCCNC(=O)[C@H](CC)N(Cc1c(Cl)cccc1Cl)C(=O)CCCN(c1ccccc1C)S(C)(=O)=O. The molecule has 0 spiro atoms. The molecule has 0 bridgehead atoms. The highest BCUT2D eigenvalue weighted by molar-refractivity contribution is 7.92. The number of benzene rings is 2. The smallest absolute Gasteiger partial charge is 0.242 e. The van der Waals surface area contributed by atoms with Gasteiger partial charge in [-0.1, -0.05) is 67.7 Å². The Morgan fingerprint density at radius 3 is 2.22 bits per heavy atom. The molecule has 0 saturated carbocycles. The fraction of sp³-hybridized carbons (Fsp3) is 0.481. The summed E-state index contributed by atoms with van der Waals surface area (Å²) in [6.45, 7) is 6.47. The Morgan fingerprint density at radius 2 is 1.65 bits per heavy atom. The van der Waals surface area contributed by atoms with Crippen molar-refractivity contribution in [1.29, 1.82) is 0 Å². The van der Waals surface area contributed by atoms with Crippen molar-refractivity contribution >= 4 is 50.7 Å². The van der Waals surface area contributed by atoms with Gasteiger partial charge in [0.2, 0.25) is 21.8 Å². The first-order chi connectivity index (χ1) is 17.5. The van der Waals surface area contributed by atoms with Gasteiger partial charge in [0, 0.05) is 41.7 Å². The van der Waals surface area contributed by atoms with Crippen molar-refractivity contribution < 1.29 is 18.0 Å². The monoisotopic (exact) mass is 569 g/mol. The average Bonchev–Trinajstić information content (AvgIpc) is 2.83. The van der Waals surface area contributed by atoms with Crippen molar-refractivity contribution in [1.82, 2.24) is 10.2 Å². The van der Waals surface area contributed by atoms with Crippen LogP contribution in [-0.2, 0) is 26.2 Å². The van der Waals surface area contributed by atoms with Gasteiger partial charge < -0.3 is 10.2 Å². The molecule has 0 radical (unpaired) electrons. The van der Waals surface area contributed by atoms with Crippen molar-refractivity contribution in [3.8, 4) is 0 Å². The number of anilines is 1. The number of carbonyl (C=O) groups excluding carboxylic acids is 2. The van der Waals surface area contributed by atoms with Crippen molar-refractivity contribution in [3.63, 3.8) is 0 Å². The molecule has 10 heteroatoms. The van der Waals surface area contributed by atoms with Gasteiger partial charge in [0.25, 0.3) is 0 Å². The Morgan fingerprint density at radius 1 is 1.00 bits per heavy atom. The second-order valence-electron chi connectivity index (χ2n) is 9.02. The molecule has 1 atom stereocenters. The van der Waals surface area contributed by atoms with Crippen LogP contribution in [0.1, 0.15) is 57.1 Å². The third-order valence-electron chi connectivity index (χ3n) is 6.14. The Bertz CT molecular complexity index is 1150. The molecule has 0 aliphatic carbocycles. The van der Waals surface area contributed by atoms with E-state index in [1.807, 2.05) is 32.9 Å². The fourth-order valence-electron chi connectivity index (χ4n) is 4.11. The molecule has 0 unspecified atom stereocenters. The van der Waals surface area contributed by atoms with Gasteiger partial charge in [-0.25, -0.2) is 8.42 Å². The van der Waals surface area contributed by atoms with Crippen molar-refractivity contribution in [3.05, 3.63) is 63.6 Å². The van der Waals surface area contributed by atoms with Crippen molar-refractivity contribution in [2.75, 3.05) is 23.7 Å². The van der Waals surface area contributed by atoms with Crippen LogP contribution < -0.4 is 9.62 Å². The summed E-state index contributed by atoms with van der Waals surface area (Å²) in [5.74, 6) is -0.503. The van der Waals surface area contributed by atoms with Crippen LogP contribution in [0.4, 0.5) is 5.69 Å². The van der Waals surface area contributed by atoms with Gasteiger partial charge in [-0.15, -0.1) is 0 Å². The minimum Gasteiger partial charge on any atom is -0.354 e. The van der Waals surface area contributed by atoms with E-state index in [9.17, 15) is 18.0 Å². The zero-order valence-electron chi connectivity index (χ0n) is 22.0. The number of sulfonamides is 1. The zero-order chi connectivity index (χ0) is 27.6. The molecule has 204 valence electrons. The number of aryl methyl sites for hydroxylation is 1. The molecule has 1 N–H and O–H groups in total. The van der Waals surface area contributed by atoms with Gasteiger partial charge in [0.15, 0.2) is 0 Å². The van der Waals surface area contributed by atoms with Crippen LogP contribution in [0.2, 0.25) is 10.0 Å². The van der Waals surface area contributed by atoms with Gasteiger partial charge in [0.05, 0.1) is 11.9 Å². The molecular weight excluding hydrogens is 533 g/mol. The quantitative estimate of drug-likeness (QED) is 0.301. The first kappa shape index (κ1) is 30.9. The van der Waals surface area contributed by atoms with E-state index in [2.05, 4.69) is 5.32 Å². The van der Waals surface area contributed by atoms with Crippen LogP contribution in [0.3, 0.4) is 0 Å². The Balaban J connectivity index is 2.26. The first-order valence-corrected chi connectivity index (χ1v) is 15.1. The Labute approximate surface area is 231 Å². The summed E-state index contributed by atoms with van der Waals surface area (Å²) < 4.78 is 26.4. The van der Waals surface area contributed by atoms with Gasteiger partial charge in [0.1, 0.15) is 6.04 Å². The molecule has 7 nitrogen and oxygen atoms in total. The highest BCUT2D eigenvalue weighted by atomic mass is 35.5. The lowest BCUT2D eigenvalue weighted by Crippen LogP contribution is -2.49. The van der Waals surface area contributed by atoms with Crippen LogP contribution in [0.15, 0.2) is 42.5 Å². The predicted octanol–water partition coefficient (Wildman–Crippen LogP) is 5.57. The maximum Gasteiger partial charge on any atom is 0.242 e. The number of rotatable bonds is 14. The lowest BCUT2D eigenvalue weighted by atomic mass is 10.1. The van der Waals surface area contributed by atoms with Crippen LogP contribution in [0.5, 0.6) is 0 Å². The molecule has 0 aliphatic rings. The number of nitrogens with one attached hydrogen (secondary N) is 1. The molecule has 0 fully saturated rings. The molecule has 37 heavy (non-hydrogen) atoms. The summed E-state index contributed by atoms with van der Waals surface area (Å²) >= 11 is 12.8. The summed E-state index contributed by atoms with van der Waals surface area (Å²) in [4.78, 5) is 28.1. The van der Waals surface area contributed by atoms with Crippen molar-refractivity contribution in [2.24, 2.45) is 0 Å². The van der Waals surface area contributed by atoms with Gasteiger partial charge in [-0.05, 0) is 49.9 Å². The minimum absolute atomic E-state index is 0.0543. The topological polar surface area (TPSA) is 86.8 Å². The third kappa shape index (κ3) is 8.90. The second kappa shape index (κ2) is 14.6. The molecule has 0 aromatic heterocycles. The third-order valence-corrected chi connectivity index (χ3v) is 8.03. The average molecular weight is 571 g/mol. The van der Waals surface area contributed by atoms with Gasteiger partial charge in [-0.2, -0.15) is 0 Å². The van der Waals surface area contributed by atoms with E-state index in [-0.39, 0.29) is 37.7 Å². The number of amides is 2. The summed E-state index contributed by atoms with van der Waals surface area (Å²) in [5.41, 5.74) is 1.97. The van der Waals surface area contributed by atoms with E-state index in [4.69, 9.17) is 23.2 Å². The van der Waals surface area contributed by atoms with Gasteiger partial charge >= 0.3 is 0 Å². The highest BCUT2D eigenvalue weighted by Crippen LogP contribution is 2.28. The number of carbonyl (C=O) groups is 2. The number of para-hydroxylation sites is 1. The number of unbranched alkanes of at least 4 members (excludes halogenated alkanes) is 1. The number of halogens is 2. The molecule has 0 saturated heterocycles. The van der Waals surface area contributed by atoms with E-state index >= 15 is 0 Å². The zero-order valence-corrected chi connectivity index (χ0v) is 24.3. The van der Waals surface area contributed by atoms with Crippen LogP contribution in [-0.4, -0.2) is 50.5 Å². The minimum atomic E-state index is -3.56. The maximum atomic E-state index is 13.5. The van der Waals surface area contributed by atoms with Crippen LogP contribution in [0, 0.1) is 6.92 Å². The van der Waals surface area contributed by atoms with Crippen molar-refractivity contribution in [2.45, 2.75) is 65.5 Å². The van der Waals surface area contributed by atoms with E-state index in [1.54, 1.807) is 30.3 Å². The van der Waals surface area contributed by atoms with E-state index in [0.29, 0.717) is 34.3 Å². The second-order valence-corrected chi connectivity index (χ2v) is 11.7. The molecule has 0 aliphatic heterocycles. The summed E-state index contributed by atoms with van der Waals surface area (Å²) in [6.07, 6.45) is 3.67. The van der Waals surface area contributed by atoms with E-state index < -0.39 is 16.1 Å². The largest absolute Gasteiger partial charge is 0.354 e. The van der Waals surface area contributed by atoms with E-state index in [0.717, 1.165) is 24.7 Å². The summed E-state index contributed by atoms with van der Waals surface area (Å²) in [6, 6.07) is 11.6. The molecule has 2 rings (SSSR count). The lowest BCUT2D eigenvalue weighted by molar-refractivity contribution is -0.141. The number of hydrogen-bond donors (Lipinski definition) is 1. The van der Waals surface area contributed by atoms with Gasteiger partial charge in [-0.3, -0.25) is 13.9 Å². The molecule has 2 amide bonds. The maximum absolute atomic E-state index is 13.5. The Kier molecular flexibility index (Phi) is 12.2. The molecule has 2 aromatic rings. The Hall–Kier alpha value is -2.29. The van der Waals surface area contributed by atoms with Crippen LogP contribution >= 0.6 is 23.2 Å². The first-order valence-electron chi connectivity index (χ1n) is 12.5. The number of hydrogen-bond acceptors (Lipinski definition) is 4. The summed E-state index contributed by atoms with van der Waals surface area (Å²) in [5, 5.41) is 3.74. The molecule has 2 aromatic carbocycles. The lowest BCUT2D eigenvalue weighted by Gasteiger charge is -2.31. The highest BCUT2D eigenvalue weighted by Gasteiger charge is 2.30. The van der Waals surface area contributed by atoms with Crippen LogP contribution in [0.25, 0.3) is 0 Å². The molecule has 0 heterocycles.